The molecule has 248 valence electrons. The molecular formula is C47H34N4O. The van der Waals surface area contributed by atoms with Crippen LogP contribution in [0.1, 0.15) is 36.8 Å². The van der Waals surface area contributed by atoms with E-state index in [2.05, 4.69) is 122 Å². The minimum atomic E-state index is -0.238. The molecule has 0 bridgehead atoms. The van der Waals surface area contributed by atoms with Crippen LogP contribution in [0.2, 0.25) is 0 Å². The number of fused-ring (bicyclic) bond motifs is 6. The van der Waals surface area contributed by atoms with E-state index in [0.29, 0.717) is 17.5 Å². The van der Waals surface area contributed by atoms with E-state index < -0.39 is 0 Å². The highest BCUT2D eigenvalue weighted by molar-refractivity contribution is 5.99. The second-order valence-electron chi connectivity index (χ2n) is 14.1. The van der Waals surface area contributed by atoms with Crippen LogP contribution in [-0.2, 0) is 5.41 Å². The predicted octanol–water partition coefficient (Wildman–Crippen LogP) is 11.5. The fourth-order valence-corrected chi connectivity index (χ4v) is 7.87. The van der Waals surface area contributed by atoms with Gasteiger partial charge in [0.2, 0.25) is 0 Å². The quantitative estimate of drug-likeness (QED) is 0.197. The van der Waals surface area contributed by atoms with Crippen molar-refractivity contribution in [1.29, 1.82) is 0 Å². The molecule has 10 rings (SSSR count). The monoisotopic (exact) mass is 670 g/mol. The Morgan fingerprint density at radius 3 is 1.85 bits per heavy atom. The lowest BCUT2D eigenvalue weighted by Crippen LogP contribution is -2.15. The highest BCUT2D eigenvalue weighted by Gasteiger charge is 2.38. The first kappa shape index (κ1) is 30.3. The van der Waals surface area contributed by atoms with Crippen molar-refractivity contribution in [2.45, 2.75) is 25.5 Å². The van der Waals surface area contributed by atoms with Crippen molar-refractivity contribution in [3.63, 3.8) is 0 Å². The molecule has 0 amide bonds. The molecule has 8 aromatic rings. The van der Waals surface area contributed by atoms with Crippen LogP contribution in [-0.4, -0.2) is 15.0 Å². The number of aromatic nitrogens is 3. The highest BCUT2D eigenvalue weighted by Crippen LogP contribution is 2.53. The second-order valence-corrected chi connectivity index (χ2v) is 14.1. The molecule has 2 aliphatic rings. The lowest BCUT2D eigenvalue weighted by atomic mass is 9.81. The third kappa shape index (κ3) is 4.89. The summed E-state index contributed by atoms with van der Waals surface area (Å²) >= 11 is 0. The van der Waals surface area contributed by atoms with Gasteiger partial charge in [0.1, 0.15) is 0 Å². The number of ether oxygens (including phenoxy) is 1. The fourth-order valence-electron chi connectivity index (χ4n) is 7.87. The Hall–Kier alpha value is -6.59. The van der Waals surface area contributed by atoms with Gasteiger partial charge in [0, 0.05) is 33.1 Å². The van der Waals surface area contributed by atoms with Crippen LogP contribution in [0.4, 0.5) is 5.69 Å². The van der Waals surface area contributed by atoms with Crippen molar-refractivity contribution in [3.05, 3.63) is 174 Å². The van der Waals surface area contributed by atoms with Crippen molar-refractivity contribution in [2.24, 2.45) is 0 Å². The van der Waals surface area contributed by atoms with Gasteiger partial charge in [-0.2, -0.15) is 0 Å². The molecule has 1 atom stereocenters. The van der Waals surface area contributed by atoms with E-state index in [1.807, 2.05) is 54.6 Å². The number of hydrogen-bond acceptors (Lipinski definition) is 5. The van der Waals surface area contributed by atoms with Crippen molar-refractivity contribution >= 4 is 16.5 Å². The molecule has 5 nitrogen and oxygen atoms in total. The molecule has 1 aliphatic heterocycles. The molecule has 1 aliphatic carbocycles. The molecule has 0 saturated heterocycles. The minimum absolute atomic E-state index is 0.234. The summed E-state index contributed by atoms with van der Waals surface area (Å²) in [5.74, 6) is 2.82. The van der Waals surface area contributed by atoms with Crippen molar-refractivity contribution in [1.82, 2.24) is 15.0 Å². The summed E-state index contributed by atoms with van der Waals surface area (Å²) in [5, 5.41) is 5.78. The zero-order valence-corrected chi connectivity index (χ0v) is 28.8. The van der Waals surface area contributed by atoms with E-state index in [9.17, 15) is 0 Å². The van der Waals surface area contributed by atoms with E-state index in [1.165, 1.54) is 22.3 Å². The second kappa shape index (κ2) is 11.7. The summed E-state index contributed by atoms with van der Waals surface area (Å²) in [7, 11) is 0. The van der Waals surface area contributed by atoms with Crippen LogP contribution in [0.5, 0.6) is 5.75 Å². The van der Waals surface area contributed by atoms with E-state index in [-0.39, 0.29) is 11.6 Å². The Kier molecular flexibility index (Phi) is 6.83. The van der Waals surface area contributed by atoms with E-state index in [1.54, 1.807) is 0 Å². The topological polar surface area (TPSA) is 59.9 Å². The maximum atomic E-state index is 6.61. The highest BCUT2D eigenvalue weighted by atomic mass is 16.5. The molecule has 0 fully saturated rings. The van der Waals surface area contributed by atoms with Gasteiger partial charge >= 0.3 is 0 Å². The maximum Gasteiger partial charge on any atom is 0.196 e. The first-order valence-electron chi connectivity index (χ1n) is 17.7. The standard InChI is InChI=1S/C47H34N4O/c1-47(2)38-21-13-12-20-35(38)41-37(45-50-43(30-14-6-3-7-15-30)49-44(51-45)31-16-8-4-9-17-31)27-34(28-39(41)47)33-23-22-29-24-25-40-42(36(29)26-33)52-46(48-40)32-18-10-5-11-19-32/h3-28,46,48H,1-2H3. The molecule has 0 spiro atoms. The Balaban J connectivity index is 1.19. The third-order valence-electron chi connectivity index (χ3n) is 10.6. The number of benzene rings is 7. The van der Waals surface area contributed by atoms with Crippen LogP contribution in [0, 0.1) is 0 Å². The Labute approximate surface area is 302 Å². The molecule has 0 saturated carbocycles. The zero-order valence-electron chi connectivity index (χ0n) is 28.8. The lowest BCUT2D eigenvalue weighted by molar-refractivity contribution is 0.262. The van der Waals surface area contributed by atoms with Crippen LogP contribution in [0.15, 0.2) is 158 Å². The van der Waals surface area contributed by atoms with Crippen LogP contribution >= 0.6 is 0 Å². The average Bonchev–Trinajstić information content (AvgIpc) is 3.75. The van der Waals surface area contributed by atoms with E-state index in [0.717, 1.165) is 55.6 Å². The smallest absolute Gasteiger partial charge is 0.196 e. The molecular weight excluding hydrogens is 637 g/mol. The Morgan fingerprint density at radius 2 is 1.13 bits per heavy atom. The number of anilines is 1. The summed E-state index contributed by atoms with van der Waals surface area (Å²) < 4.78 is 6.61. The SMILES string of the molecule is CC1(C)c2ccccc2-c2c(-c3nc(-c4ccccc4)nc(-c4ccccc4)n3)cc(-c3ccc4ccc5c(c4c3)OC(c3ccccc3)N5)cc21. The summed E-state index contributed by atoms with van der Waals surface area (Å²) in [6, 6.07) is 55.0. The molecule has 1 unspecified atom stereocenters. The average molecular weight is 671 g/mol. The molecule has 5 heteroatoms. The predicted molar refractivity (Wildman–Crippen MR) is 210 cm³/mol. The van der Waals surface area contributed by atoms with Gasteiger partial charge in [0.15, 0.2) is 29.5 Å². The molecule has 7 aromatic carbocycles. The van der Waals surface area contributed by atoms with Gasteiger partial charge in [-0.15, -0.1) is 0 Å². The molecule has 1 N–H and O–H groups in total. The van der Waals surface area contributed by atoms with Crippen molar-refractivity contribution < 1.29 is 4.74 Å². The first-order valence-corrected chi connectivity index (χ1v) is 17.7. The summed E-state index contributed by atoms with van der Waals surface area (Å²) in [6.07, 6.45) is -0.238. The Bertz CT molecular complexity index is 2600. The van der Waals surface area contributed by atoms with Gasteiger partial charge in [-0.25, -0.2) is 15.0 Å². The van der Waals surface area contributed by atoms with Crippen molar-refractivity contribution in [3.8, 4) is 62.2 Å². The minimum Gasteiger partial charge on any atom is -0.464 e. The number of rotatable bonds is 5. The molecule has 52 heavy (non-hydrogen) atoms. The van der Waals surface area contributed by atoms with E-state index in [4.69, 9.17) is 19.7 Å². The van der Waals surface area contributed by atoms with Crippen LogP contribution in [0.3, 0.4) is 0 Å². The molecule has 2 heterocycles. The van der Waals surface area contributed by atoms with Gasteiger partial charge in [-0.1, -0.05) is 147 Å². The van der Waals surface area contributed by atoms with Crippen molar-refractivity contribution in [2.75, 3.05) is 5.32 Å². The zero-order chi connectivity index (χ0) is 34.8. The maximum absolute atomic E-state index is 6.61. The van der Waals surface area contributed by atoms with E-state index >= 15 is 0 Å². The molecule has 1 aromatic heterocycles. The largest absolute Gasteiger partial charge is 0.464 e. The number of hydrogen-bond donors (Lipinski definition) is 1. The van der Waals surface area contributed by atoms with Gasteiger partial charge in [0.05, 0.1) is 5.69 Å². The molecule has 0 radical (unpaired) electrons. The normalized spacial score (nSPS) is 15.0. The lowest BCUT2D eigenvalue weighted by Gasteiger charge is -2.23. The number of nitrogens with zero attached hydrogens (tertiary/aromatic N) is 3. The fraction of sp³-hybridized carbons (Fsp3) is 0.0851. The summed E-state index contributed by atoms with van der Waals surface area (Å²) in [5.41, 5.74) is 11.9. The Morgan fingerprint density at radius 1 is 0.519 bits per heavy atom. The van der Waals surface area contributed by atoms with Crippen LogP contribution < -0.4 is 10.1 Å². The summed E-state index contributed by atoms with van der Waals surface area (Å²) in [6.45, 7) is 4.64. The van der Waals surface area contributed by atoms with Crippen LogP contribution in [0.25, 0.3) is 67.2 Å². The first-order chi connectivity index (χ1) is 25.5. The van der Waals surface area contributed by atoms with Gasteiger partial charge in [-0.3, -0.25) is 0 Å². The van der Waals surface area contributed by atoms with Gasteiger partial charge in [0.25, 0.3) is 0 Å². The number of nitrogens with one attached hydrogen (secondary N) is 1. The third-order valence-corrected chi connectivity index (χ3v) is 10.6. The summed E-state index contributed by atoms with van der Waals surface area (Å²) in [4.78, 5) is 15.4. The van der Waals surface area contributed by atoms with Gasteiger partial charge < -0.3 is 10.1 Å². The van der Waals surface area contributed by atoms with Gasteiger partial charge in [-0.05, 0) is 63.0 Å².